The molecular weight excluding hydrogens is 185 g/mol. The van der Waals surface area contributed by atoms with Crippen LogP contribution in [-0.2, 0) is 9.53 Å². The van der Waals surface area contributed by atoms with E-state index in [0.717, 1.165) is 0 Å². The Morgan fingerprint density at radius 1 is 1.50 bits per heavy atom. The molecule has 0 unspecified atom stereocenters. The van der Waals surface area contributed by atoms with E-state index in [1.807, 2.05) is 0 Å². The maximum absolute atomic E-state index is 12.5. The van der Waals surface area contributed by atoms with Gasteiger partial charge < -0.3 is 4.74 Å². The first kappa shape index (κ1) is 10.2. The topological polar surface area (TPSA) is 30.7 Å². The van der Waals surface area contributed by atoms with E-state index in [1.54, 1.807) is 0 Å². The van der Waals surface area contributed by atoms with Crippen LogP contribution in [-0.4, -0.2) is 13.1 Å². The zero-order chi connectivity index (χ0) is 10.6. The summed E-state index contributed by atoms with van der Waals surface area (Å²) in [4.78, 5) is 14.2. The lowest BCUT2D eigenvalue weighted by atomic mass is 10.1. The van der Waals surface area contributed by atoms with Gasteiger partial charge in [-0.1, -0.05) is 0 Å². The van der Waals surface area contributed by atoms with Gasteiger partial charge >= 0.3 is 12.0 Å². The lowest BCUT2D eigenvalue weighted by molar-refractivity contribution is -0.141. The van der Waals surface area contributed by atoms with Crippen molar-refractivity contribution in [2.45, 2.75) is 6.04 Å². The molecule has 0 fully saturated rings. The van der Waals surface area contributed by atoms with E-state index in [4.69, 9.17) is 6.57 Å². The molecule has 0 amide bonds. The van der Waals surface area contributed by atoms with Crippen molar-refractivity contribution < 1.29 is 13.9 Å². The highest BCUT2D eigenvalue weighted by atomic mass is 19.1. The van der Waals surface area contributed by atoms with Crippen LogP contribution in [0.3, 0.4) is 0 Å². The summed E-state index contributed by atoms with van der Waals surface area (Å²) in [5.41, 5.74) is 0.438. The molecule has 1 atom stereocenters. The van der Waals surface area contributed by atoms with E-state index in [0.29, 0.717) is 5.56 Å². The Labute approximate surface area is 80.9 Å². The van der Waals surface area contributed by atoms with Crippen molar-refractivity contribution in [2.75, 3.05) is 7.11 Å². The van der Waals surface area contributed by atoms with E-state index < -0.39 is 17.8 Å². The SMILES string of the molecule is [C-]#[N+][C@@H](C(=O)OC)c1ccc(F)cc1. The normalized spacial score (nSPS) is 11.5. The van der Waals surface area contributed by atoms with Gasteiger partial charge in [-0.15, -0.1) is 0 Å². The summed E-state index contributed by atoms with van der Waals surface area (Å²) in [6.07, 6.45) is 0. The van der Waals surface area contributed by atoms with E-state index in [2.05, 4.69) is 9.58 Å². The van der Waals surface area contributed by atoms with Gasteiger partial charge in [0, 0.05) is 5.56 Å². The fourth-order valence-electron chi connectivity index (χ4n) is 1.02. The third kappa shape index (κ3) is 2.07. The Morgan fingerprint density at radius 2 is 2.07 bits per heavy atom. The summed E-state index contributed by atoms with van der Waals surface area (Å²) in [7, 11) is 1.21. The van der Waals surface area contributed by atoms with Crippen molar-refractivity contribution in [3.8, 4) is 0 Å². The fourth-order valence-corrected chi connectivity index (χ4v) is 1.02. The molecule has 0 spiro atoms. The number of esters is 1. The minimum absolute atomic E-state index is 0.401. The molecule has 0 heterocycles. The number of carbonyl (C=O) groups excluding carboxylic acids is 1. The number of halogens is 1. The van der Waals surface area contributed by atoms with Gasteiger partial charge in [-0.05, 0) is 24.3 Å². The van der Waals surface area contributed by atoms with Gasteiger partial charge in [-0.25, -0.2) is 15.8 Å². The number of nitrogens with zero attached hydrogens (tertiary/aromatic N) is 1. The van der Waals surface area contributed by atoms with E-state index in [-0.39, 0.29) is 0 Å². The smallest absolute Gasteiger partial charge is 0.395 e. The molecule has 0 saturated carbocycles. The molecule has 1 aromatic rings. The molecule has 72 valence electrons. The lowest BCUT2D eigenvalue weighted by Gasteiger charge is -2.02. The van der Waals surface area contributed by atoms with Crippen LogP contribution in [0.25, 0.3) is 4.85 Å². The molecule has 1 aromatic carbocycles. The van der Waals surface area contributed by atoms with Crippen LogP contribution >= 0.6 is 0 Å². The third-order valence-electron chi connectivity index (χ3n) is 1.74. The maximum atomic E-state index is 12.5. The van der Waals surface area contributed by atoms with Gasteiger partial charge in [0.15, 0.2) is 0 Å². The fraction of sp³-hybridized carbons (Fsp3) is 0.200. The third-order valence-corrected chi connectivity index (χ3v) is 1.74. The predicted octanol–water partition coefficient (Wildman–Crippen LogP) is 1.96. The molecule has 0 saturated heterocycles. The Bertz CT molecular complexity index is 367. The highest BCUT2D eigenvalue weighted by Gasteiger charge is 2.26. The first-order chi connectivity index (χ1) is 6.69. The van der Waals surface area contributed by atoms with Crippen LogP contribution in [0.15, 0.2) is 24.3 Å². The first-order valence-corrected chi connectivity index (χ1v) is 3.89. The van der Waals surface area contributed by atoms with Gasteiger partial charge in [-0.2, -0.15) is 0 Å². The molecule has 0 aromatic heterocycles. The molecule has 0 bridgehead atoms. The first-order valence-electron chi connectivity index (χ1n) is 3.89. The van der Waals surface area contributed by atoms with Crippen molar-refractivity contribution >= 4 is 5.97 Å². The summed E-state index contributed by atoms with van der Waals surface area (Å²) in [5.74, 6) is -1.03. The molecule has 4 heteroatoms. The van der Waals surface area contributed by atoms with Gasteiger partial charge in [0.1, 0.15) is 5.82 Å². The number of ether oxygens (including phenoxy) is 1. The Hall–Kier alpha value is -1.89. The maximum Gasteiger partial charge on any atom is 0.395 e. The molecule has 3 nitrogen and oxygen atoms in total. The highest BCUT2D eigenvalue weighted by molar-refractivity contribution is 5.79. The van der Waals surface area contributed by atoms with Gasteiger partial charge in [0.25, 0.3) is 0 Å². The van der Waals surface area contributed by atoms with Crippen LogP contribution in [0.5, 0.6) is 0 Å². The number of rotatable bonds is 2. The minimum atomic E-state index is -0.999. The molecule has 0 N–H and O–H groups in total. The molecule has 0 radical (unpaired) electrons. The highest BCUT2D eigenvalue weighted by Crippen LogP contribution is 2.18. The second kappa shape index (κ2) is 4.38. The Kier molecular flexibility index (Phi) is 3.19. The molecule has 0 aliphatic carbocycles. The van der Waals surface area contributed by atoms with Crippen molar-refractivity contribution in [1.29, 1.82) is 0 Å². The summed E-state index contributed by atoms with van der Waals surface area (Å²) in [6.45, 7) is 6.82. The zero-order valence-corrected chi connectivity index (χ0v) is 7.53. The average molecular weight is 193 g/mol. The molecule has 0 aliphatic rings. The Morgan fingerprint density at radius 3 is 2.50 bits per heavy atom. The summed E-state index contributed by atoms with van der Waals surface area (Å²) in [6, 6.07) is 4.21. The van der Waals surface area contributed by atoms with Crippen molar-refractivity contribution in [3.63, 3.8) is 0 Å². The van der Waals surface area contributed by atoms with Gasteiger partial charge in [-0.3, -0.25) is 4.85 Å². The van der Waals surface area contributed by atoms with Crippen LogP contribution in [0.1, 0.15) is 11.6 Å². The molecule has 0 aliphatic heterocycles. The largest absolute Gasteiger partial charge is 0.463 e. The molecule has 14 heavy (non-hydrogen) atoms. The van der Waals surface area contributed by atoms with Crippen LogP contribution in [0, 0.1) is 12.4 Å². The van der Waals surface area contributed by atoms with Gasteiger partial charge in [0.2, 0.25) is 0 Å². The molecular formula is C10H8FNO2. The minimum Gasteiger partial charge on any atom is -0.463 e. The summed E-state index contributed by atoms with van der Waals surface area (Å²) in [5, 5.41) is 0. The number of methoxy groups -OCH3 is 1. The number of benzene rings is 1. The van der Waals surface area contributed by atoms with Crippen molar-refractivity contribution in [3.05, 3.63) is 47.1 Å². The standard InChI is InChI=1S/C10H8FNO2/c1-12-9(10(13)14-2)7-3-5-8(11)6-4-7/h3-6,9H,2H3/t9-/m1/s1. The average Bonchev–Trinajstić information content (AvgIpc) is 2.21. The number of hydrogen-bond donors (Lipinski definition) is 0. The predicted molar refractivity (Wildman–Crippen MR) is 47.8 cm³/mol. The van der Waals surface area contributed by atoms with E-state index in [9.17, 15) is 9.18 Å². The number of hydrogen-bond acceptors (Lipinski definition) is 2. The quantitative estimate of drug-likeness (QED) is 0.531. The van der Waals surface area contributed by atoms with E-state index in [1.165, 1.54) is 31.4 Å². The monoisotopic (exact) mass is 193 g/mol. The van der Waals surface area contributed by atoms with E-state index >= 15 is 0 Å². The zero-order valence-electron chi connectivity index (χ0n) is 7.53. The summed E-state index contributed by atoms with van der Waals surface area (Å²) >= 11 is 0. The second-order valence-electron chi connectivity index (χ2n) is 2.61. The van der Waals surface area contributed by atoms with Crippen molar-refractivity contribution in [2.24, 2.45) is 0 Å². The van der Waals surface area contributed by atoms with Crippen LogP contribution in [0.4, 0.5) is 4.39 Å². The van der Waals surface area contributed by atoms with Crippen LogP contribution in [0.2, 0.25) is 0 Å². The molecule has 1 rings (SSSR count). The van der Waals surface area contributed by atoms with Crippen LogP contribution < -0.4 is 0 Å². The lowest BCUT2D eigenvalue weighted by Crippen LogP contribution is -2.10. The van der Waals surface area contributed by atoms with Crippen molar-refractivity contribution in [1.82, 2.24) is 0 Å². The summed E-state index contributed by atoms with van der Waals surface area (Å²) < 4.78 is 17.0. The van der Waals surface area contributed by atoms with Gasteiger partial charge in [0.05, 0.1) is 7.11 Å². The Balaban J connectivity index is 2.97. The number of carbonyl (C=O) groups is 1. The second-order valence-corrected chi connectivity index (χ2v) is 2.61.